The second-order valence-electron chi connectivity index (χ2n) is 5.38. The molecular formula is C16H25ClN2O2. The van der Waals surface area contributed by atoms with E-state index in [4.69, 9.17) is 16.3 Å². The van der Waals surface area contributed by atoms with E-state index in [0.717, 1.165) is 18.5 Å². The highest BCUT2D eigenvalue weighted by molar-refractivity contribution is 6.31. The van der Waals surface area contributed by atoms with Crippen LogP contribution >= 0.6 is 11.6 Å². The van der Waals surface area contributed by atoms with Crippen molar-refractivity contribution < 1.29 is 9.53 Å². The molecule has 118 valence electrons. The molecule has 0 atom stereocenters. The number of hydrogen-bond acceptors (Lipinski definition) is 3. The maximum absolute atomic E-state index is 11.7. The van der Waals surface area contributed by atoms with E-state index in [1.807, 2.05) is 18.2 Å². The second kappa shape index (κ2) is 9.64. The zero-order valence-corrected chi connectivity index (χ0v) is 13.8. The Hall–Kier alpha value is -1.26. The fraction of sp³-hybridized carbons (Fsp3) is 0.562. The van der Waals surface area contributed by atoms with Crippen molar-refractivity contribution in [3.63, 3.8) is 0 Å². The Morgan fingerprint density at radius 2 is 2.14 bits per heavy atom. The van der Waals surface area contributed by atoms with Gasteiger partial charge in [-0.25, -0.2) is 0 Å². The Morgan fingerprint density at radius 1 is 1.38 bits per heavy atom. The summed E-state index contributed by atoms with van der Waals surface area (Å²) in [6.45, 7) is 8.42. The number of hydrogen-bond donors (Lipinski definition) is 2. The van der Waals surface area contributed by atoms with Gasteiger partial charge in [-0.05, 0) is 31.0 Å². The fourth-order valence-electron chi connectivity index (χ4n) is 1.75. The molecule has 0 aliphatic heterocycles. The van der Waals surface area contributed by atoms with Gasteiger partial charge in [0.15, 0.2) is 6.61 Å². The van der Waals surface area contributed by atoms with Crippen LogP contribution in [0.1, 0.15) is 32.8 Å². The van der Waals surface area contributed by atoms with Crippen LogP contribution < -0.4 is 15.4 Å². The molecule has 0 aromatic heterocycles. The third kappa shape index (κ3) is 6.82. The molecular weight excluding hydrogens is 288 g/mol. The summed E-state index contributed by atoms with van der Waals surface area (Å²) in [5, 5.41) is 6.77. The van der Waals surface area contributed by atoms with Gasteiger partial charge in [-0.2, -0.15) is 0 Å². The quantitative estimate of drug-likeness (QED) is 0.689. The molecule has 0 aliphatic carbocycles. The van der Waals surface area contributed by atoms with E-state index in [1.165, 1.54) is 0 Å². The Labute approximate surface area is 132 Å². The predicted molar refractivity (Wildman–Crippen MR) is 86.8 cm³/mol. The third-order valence-corrected chi connectivity index (χ3v) is 3.22. The summed E-state index contributed by atoms with van der Waals surface area (Å²) in [7, 11) is 0. The van der Waals surface area contributed by atoms with Gasteiger partial charge in [-0.3, -0.25) is 4.79 Å². The predicted octanol–water partition coefficient (Wildman–Crippen LogP) is 2.99. The normalized spacial score (nSPS) is 10.7. The number of halogens is 1. The fourth-order valence-corrected chi connectivity index (χ4v) is 1.98. The van der Waals surface area contributed by atoms with Gasteiger partial charge in [-0.1, -0.05) is 38.4 Å². The van der Waals surface area contributed by atoms with Crippen LogP contribution in [0.5, 0.6) is 5.75 Å². The first-order valence-electron chi connectivity index (χ1n) is 7.42. The monoisotopic (exact) mass is 312 g/mol. The van der Waals surface area contributed by atoms with Gasteiger partial charge in [0.2, 0.25) is 0 Å². The average Bonchev–Trinajstić information content (AvgIpc) is 2.45. The van der Waals surface area contributed by atoms with Crippen molar-refractivity contribution in [1.29, 1.82) is 0 Å². The van der Waals surface area contributed by atoms with Gasteiger partial charge in [0.05, 0.1) is 0 Å². The van der Waals surface area contributed by atoms with Crippen molar-refractivity contribution >= 4 is 17.5 Å². The van der Waals surface area contributed by atoms with E-state index in [1.54, 1.807) is 0 Å². The van der Waals surface area contributed by atoms with Gasteiger partial charge in [0.1, 0.15) is 5.75 Å². The summed E-state index contributed by atoms with van der Waals surface area (Å²) in [4.78, 5) is 11.7. The highest BCUT2D eigenvalue weighted by Crippen LogP contribution is 2.26. The maximum atomic E-state index is 11.7. The molecule has 0 aliphatic rings. The molecule has 0 bridgehead atoms. The van der Waals surface area contributed by atoms with Crippen LogP contribution in [0.4, 0.5) is 0 Å². The summed E-state index contributed by atoms with van der Waals surface area (Å²) >= 11 is 6.21. The van der Waals surface area contributed by atoms with E-state index in [2.05, 4.69) is 31.4 Å². The number of nitrogens with one attached hydrogen (secondary N) is 2. The number of rotatable bonds is 9. The minimum Gasteiger partial charge on any atom is -0.483 e. The summed E-state index contributed by atoms with van der Waals surface area (Å²) in [5.41, 5.74) is 0.893. The van der Waals surface area contributed by atoms with E-state index < -0.39 is 0 Å². The van der Waals surface area contributed by atoms with Crippen LogP contribution in [-0.4, -0.2) is 25.6 Å². The van der Waals surface area contributed by atoms with Gasteiger partial charge < -0.3 is 15.4 Å². The number of carbonyl (C=O) groups is 1. The summed E-state index contributed by atoms with van der Waals surface area (Å²) in [6.07, 6.45) is 1.05. The molecule has 0 fully saturated rings. The summed E-state index contributed by atoms with van der Waals surface area (Å²) in [6, 6.07) is 5.49. The van der Waals surface area contributed by atoms with Crippen molar-refractivity contribution in [2.75, 3.05) is 19.7 Å². The molecule has 2 N–H and O–H groups in total. The van der Waals surface area contributed by atoms with Crippen LogP contribution in [-0.2, 0) is 11.3 Å². The Bertz CT molecular complexity index is 450. The largest absolute Gasteiger partial charge is 0.483 e. The molecule has 5 heteroatoms. The first-order valence-corrected chi connectivity index (χ1v) is 7.80. The van der Waals surface area contributed by atoms with Gasteiger partial charge in [-0.15, -0.1) is 0 Å². The molecule has 1 aromatic carbocycles. The molecule has 0 unspecified atom stereocenters. The van der Waals surface area contributed by atoms with Crippen molar-refractivity contribution in [3.8, 4) is 5.75 Å². The van der Waals surface area contributed by atoms with Crippen molar-refractivity contribution in [1.82, 2.24) is 10.6 Å². The molecule has 4 nitrogen and oxygen atoms in total. The van der Waals surface area contributed by atoms with Crippen LogP contribution in [0.25, 0.3) is 0 Å². The number of ether oxygens (including phenoxy) is 1. The Balaban J connectivity index is 2.57. The molecule has 1 aromatic rings. The smallest absolute Gasteiger partial charge is 0.257 e. The number of benzene rings is 1. The topological polar surface area (TPSA) is 50.4 Å². The lowest BCUT2D eigenvalue weighted by atomic mass is 10.2. The SMILES string of the molecule is CCCNCc1c(Cl)cccc1OCC(=O)NCC(C)C. The molecule has 1 rings (SSSR count). The van der Waals surface area contributed by atoms with Gasteiger partial charge >= 0.3 is 0 Å². The van der Waals surface area contributed by atoms with Crippen molar-refractivity contribution in [3.05, 3.63) is 28.8 Å². The minimum atomic E-state index is -0.115. The summed E-state index contributed by atoms with van der Waals surface area (Å²) < 4.78 is 5.61. The van der Waals surface area contributed by atoms with Crippen molar-refractivity contribution in [2.45, 2.75) is 33.7 Å². The van der Waals surface area contributed by atoms with E-state index in [-0.39, 0.29) is 12.5 Å². The number of carbonyl (C=O) groups excluding carboxylic acids is 1. The highest BCUT2D eigenvalue weighted by atomic mass is 35.5. The lowest BCUT2D eigenvalue weighted by molar-refractivity contribution is -0.123. The first kappa shape index (κ1) is 17.8. The molecule has 21 heavy (non-hydrogen) atoms. The highest BCUT2D eigenvalue weighted by Gasteiger charge is 2.10. The molecule has 1 amide bonds. The molecule has 0 saturated heterocycles. The van der Waals surface area contributed by atoms with Gasteiger partial charge in [0.25, 0.3) is 5.91 Å². The Morgan fingerprint density at radius 3 is 2.81 bits per heavy atom. The zero-order chi connectivity index (χ0) is 15.7. The minimum absolute atomic E-state index is 0.00778. The third-order valence-electron chi connectivity index (χ3n) is 2.87. The molecule has 0 spiro atoms. The zero-order valence-electron chi connectivity index (χ0n) is 13.0. The lowest BCUT2D eigenvalue weighted by Crippen LogP contribution is -2.32. The van der Waals surface area contributed by atoms with E-state index in [9.17, 15) is 4.79 Å². The van der Waals surface area contributed by atoms with E-state index in [0.29, 0.717) is 29.8 Å². The van der Waals surface area contributed by atoms with Crippen LogP contribution in [0.3, 0.4) is 0 Å². The van der Waals surface area contributed by atoms with Crippen molar-refractivity contribution in [2.24, 2.45) is 5.92 Å². The van der Waals surface area contributed by atoms with E-state index >= 15 is 0 Å². The standard InChI is InChI=1S/C16H25ClN2O2/c1-4-8-18-10-13-14(17)6-5-7-15(13)21-11-16(20)19-9-12(2)3/h5-7,12,18H,4,8-11H2,1-3H3,(H,19,20). The first-order chi connectivity index (χ1) is 10.0. The van der Waals surface area contributed by atoms with Crippen LogP contribution in [0.2, 0.25) is 5.02 Å². The summed E-state index contributed by atoms with van der Waals surface area (Å²) in [5.74, 6) is 0.968. The lowest BCUT2D eigenvalue weighted by Gasteiger charge is -2.14. The maximum Gasteiger partial charge on any atom is 0.257 e. The molecule has 0 heterocycles. The average molecular weight is 313 g/mol. The molecule has 0 saturated carbocycles. The van der Waals surface area contributed by atoms with Gasteiger partial charge in [0, 0.05) is 23.7 Å². The van der Waals surface area contributed by atoms with Crippen LogP contribution in [0.15, 0.2) is 18.2 Å². The number of amides is 1. The Kier molecular flexibility index (Phi) is 8.16. The van der Waals surface area contributed by atoms with Crippen LogP contribution in [0, 0.1) is 5.92 Å². The second-order valence-corrected chi connectivity index (χ2v) is 5.79. The molecule has 0 radical (unpaired) electrons.